The minimum Gasteiger partial charge on any atom is -0.322 e. The highest BCUT2D eigenvalue weighted by Gasteiger charge is 2.17. The Balaban J connectivity index is 0.000000412. The van der Waals surface area contributed by atoms with Crippen LogP contribution in [0.3, 0.4) is 0 Å². The summed E-state index contributed by atoms with van der Waals surface area (Å²) in [5.41, 5.74) is 0.993. The zero-order chi connectivity index (χ0) is 19.6. The van der Waals surface area contributed by atoms with Crippen LogP contribution in [0.2, 0.25) is 0 Å². The lowest BCUT2D eigenvalue weighted by atomic mass is 10.2. The molecule has 2 aromatic carbocycles. The molecule has 0 fully saturated rings. The van der Waals surface area contributed by atoms with E-state index >= 15 is 0 Å². The predicted molar refractivity (Wildman–Crippen MR) is 106 cm³/mol. The Kier molecular flexibility index (Phi) is 9.24. The first-order valence-electron chi connectivity index (χ1n) is 8.56. The number of amides is 1. The molecule has 0 bridgehead atoms. The van der Waals surface area contributed by atoms with Crippen molar-refractivity contribution in [3.63, 3.8) is 0 Å². The molecule has 0 aliphatic rings. The van der Waals surface area contributed by atoms with Gasteiger partial charge in [-0.1, -0.05) is 39.0 Å². The Hall–Kier alpha value is -1.98. The highest BCUT2D eigenvalue weighted by atomic mass is 31.2. The van der Waals surface area contributed by atoms with Crippen LogP contribution in [-0.2, 0) is 4.57 Å². The molecule has 0 aliphatic carbocycles. The molecule has 0 saturated carbocycles. The minimum atomic E-state index is -4.27. The molecule has 0 spiro atoms. The van der Waals surface area contributed by atoms with Crippen molar-refractivity contribution >= 4 is 24.5 Å². The summed E-state index contributed by atoms with van der Waals surface area (Å²) in [6, 6.07) is 14.2. The highest BCUT2D eigenvalue weighted by Crippen LogP contribution is 2.32. The van der Waals surface area contributed by atoms with Gasteiger partial charge in [-0.15, -0.1) is 0 Å². The van der Waals surface area contributed by atoms with Crippen LogP contribution in [0.25, 0.3) is 0 Å². The summed E-state index contributed by atoms with van der Waals surface area (Å²) in [4.78, 5) is 32.2. The monoisotopic (exact) mass is 378 g/mol. The average Bonchev–Trinajstić information content (AvgIpc) is 2.64. The van der Waals surface area contributed by atoms with E-state index in [1.54, 1.807) is 24.3 Å². The quantitative estimate of drug-likeness (QED) is 0.672. The summed E-state index contributed by atoms with van der Waals surface area (Å²) in [5.74, 6) is -0.330. The van der Waals surface area contributed by atoms with Crippen molar-refractivity contribution in [3.05, 3.63) is 60.2 Å². The van der Waals surface area contributed by atoms with Gasteiger partial charge in [0.1, 0.15) is 0 Å². The molecule has 0 heterocycles. The summed E-state index contributed by atoms with van der Waals surface area (Å²) in [5, 5.41) is 2.58. The summed E-state index contributed by atoms with van der Waals surface area (Å²) in [7, 11) is -4.27. The zero-order valence-electron chi connectivity index (χ0n) is 15.4. The van der Waals surface area contributed by atoms with Crippen molar-refractivity contribution in [1.82, 2.24) is 4.90 Å². The van der Waals surface area contributed by atoms with Gasteiger partial charge in [-0.3, -0.25) is 9.36 Å². The van der Waals surface area contributed by atoms with Gasteiger partial charge < -0.3 is 20.0 Å². The van der Waals surface area contributed by atoms with Crippen LogP contribution in [0.4, 0.5) is 5.69 Å². The fourth-order valence-electron chi connectivity index (χ4n) is 2.20. The molecule has 0 atom stereocenters. The van der Waals surface area contributed by atoms with E-state index in [9.17, 15) is 9.36 Å². The van der Waals surface area contributed by atoms with Crippen LogP contribution in [0.5, 0.6) is 0 Å². The Morgan fingerprint density at radius 1 is 0.923 bits per heavy atom. The van der Waals surface area contributed by atoms with E-state index in [2.05, 4.69) is 31.0 Å². The molecular formula is C19H27N2O4P. The van der Waals surface area contributed by atoms with Gasteiger partial charge in [0.2, 0.25) is 0 Å². The van der Waals surface area contributed by atoms with Crippen molar-refractivity contribution < 1.29 is 19.1 Å². The maximum Gasteiger partial charge on any atom is 0.356 e. The predicted octanol–water partition coefficient (Wildman–Crippen LogP) is 3.09. The first kappa shape index (κ1) is 22.1. The second-order valence-corrected chi connectivity index (χ2v) is 7.14. The van der Waals surface area contributed by atoms with Crippen molar-refractivity contribution in [3.8, 4) is 0 Å². The number of hydrogen-bond acceptors (Lipinski definition) is 3. The minimum absolute atomic E-state index is 0.108. The molecule has 0 aromatic heterocycles. The van der Waals surface area contributed by atoms with Crippen molar-refractivity contribution in [1.29, 1.82) is 0 Å². The number of rotatable bonds is 6. The summed E-state index contributed by atoms with van der Waals surface area (Å²) < 4.78 is 11.0. The Labute approximate surface area is 155 Å². The van der Waals surface area contributed by atoms with Crippen molar-refractivity contribution in [2.24, 2.45) is 0 Å². The summed E-state index contributed by atoms with van der Waals surface area (Å²) in [6.45, 7) is 10.1. The normalized spacial score (nSPS) is 10.8. The average molecular weight is 378 g/mol. The molecule has 0 unspecified atom stereocenters. The van der Waals surface area contributed by atoms with Gasteiger partial charge in [0.05, 0.1) is 5.30 Å². The van der Waals surface area contributed by atoms with Gasteiger partial charge in [0.15, 0.2) is 0 Å². The van der Waals surface area contributed by atoms with E-state index in [-0.39, 0.29) is 11.2 Å². The topological polar surface area (TPSA) is 89.9 Å². The van der Waals surface area contributed by atoms with E-state index < -0.39 is 7.60 Å². The van der Waals surface area contributed by atoms with Crippen LogP contribution >= 0.6 is 7.60 Å². The van der Waals surface area contributed by atoms with E-state index in [1.165, 1.54) is 43.9 Å². The van der Waals surface area contributed by atoms with E-state index in [4.69, 9.17) is 9.79 Å². The zero-order valence-corrected chi connectivity index (χ0v) is 16.3. The molecule has 1 amide bonds. The molecule has 7 heteroatoms. The molecule has 142 valence electrons. The molecule has 2 aromatic rings. The van der Waals surface area contributed by atoms with E-state index in [0.717, 1.165) is 0 Å². The van der Waals surface area contributed by atoms with E-state index in [0.29, 0.717) is 11.3 Å². The summed E-state index contributed by atoms with van der Waals surface area (Å²) in [6.07, 6.45) is 0. The van der Waals surface area contributed by atoms with Crippen LogP contribution in [0, 0.1) is 0 Å². The Bertz CT molecular complexity index is 705. The number of benzene rings is 2. The van der Waals surface area contributed by atoms with E-state index in [1.807, 2.05) is 6.07 Å². The van der Waals surface area contributed by atoms with Crippen LogP contribution in [0.1, 0.15) is 31.1 Å². The van der Waals surface area contributed by atoms with Gasteiger partial charge in [0.25, 0.3) is 5.91 Å². The highest BCUT2D eigenvalue weighted by molar-refractivity contribution is 7.60. The van der Waals surface area contributed by atoms with Crippen molar-refractivity contribution in [2.75, 3.05) is 25.0 Å². The Morgan fingerprint density at radius 3 is 1.81 bits per heavy atom. The molecule has 2 rings (SSSR count). The number of carbonyl (C=O) groups is 1. The van der Waals surface area contributed by atoms with Crippen LogP contribution < -0.4 is 10.6 Å². The molecular weight excluding hydrogens is 351 g/mol. The fraction of sp³-hybridized carbons (Fsp3) is 0.316. The number of para-hydroxylation sites is 1. The largest absolute Gasteiger partial charge is 0.356 e. The Morgan fingerprint density at radius 2 is 1.42 bits per heavy atom. The first-order valence-corrected chi connectivity index (χ1v) is 10.2. The second-order valence-electron chi connectivity index (χ2n) is 5.53. The lowest BCUT2D eigenvalue weighted by Crippen LogP contribution is -2.21. The van der Waals surface area contributed by atoms with Crippen LogP contribution in [0.15, 0.2) is 54.6 Å². The second kappa shape index (κ2) is 10.9. The maximum absolute atomic E-state index is 11.9. The standard InChI is InChI=1S/C13H12NO4P.C6H15N/c15-13(14-11-4-2-1-3-5-11)10-6-8-12(9-7-10)19(16,17)18;1-4-7(5-2)6-3/h1-9H,(H,14,15)(H2,16,17,18);4-6H2,1-3H3. The van der Waals surface area contributed by atoms with Gasteiger partial charge in [-0.25, -0.2) is 0 Å². The smallest absolute Gasteiger partial charge is 0.322 e. The molecule has 6 nitrogen and oxygen atoms in total. The van der Waals surface area contributed by atoms with Gasteiger partial charge in [-0.2, -0.15) is 0 Å². The summed E-state index contributed by atoms with van der Waals surface area (Å²) >= 11 is 0. The molecule has 0 saturated heterocycles. The molecule has 26 heavy (non-hydrogen) atoms. The maximum atomic E-state index is 11.9. The van der Waals surface area contributed by atoms with Gasteiger partial charge >= 0.3 is 7.60 Å². The number of anilines is 1. The van der Waals surface area contributed by atoms with Crippen LogP contribution in [-0.4, -0.2) is 40.2 Å². The fourth-order valence-corrected chi connectivity index (χ4v) is 2.74. The number of nitrogens with one attached hydrogen (secondary N) is 1. The molecule has 0 aliphatic heterocycles. The lowest BCUT2D eigenvalue weighted by Gasteiger charge is -2.13. The van der Waals surface area contributed by atoms with Crippen molar-refractivity contribution in [2.45, 2.75) is 20.8 Å². The van der Waals surface area contributed by atoms with Gasteiger partial charge in [0, 0.05) is 11.3 Å². The number of nitrogens with zero attached hydrogens (tertiary/aromatic N) is 1. The molecule has 3 N–H and O–H groups in total. The SMILES string of the molecule is CCN(CC)CC.O=C(Nc1ccccc1)c1ccc(P(=O)(O)O)cc1. The first-order chi connectivity index (χ1) is 12.3. The van der Waals surface area contributed by atoms with Gasteiger partial charge in [-0.05, 0) is 56.0 Å². The third kappa shape index (κ3) is 7.50. The molecule has 0 radical (unpaired) electrons. The third-order valence-corrected chi connectivity index (χ3v) is 4.81. The lowest BCUT2D eigenvalue weighted by molar-refractivity contribution is 0.102. The number of hydrogen-bond donors (Lipinski definition) is 3. The third-order valence-electron chi connectivity index (χ3n) is 3.84. The number of carbonyl (C=O) groups excluding carboxylic acids is 1.